The molecule has 0 aliphatic carbocycles. The summed E-state index contributed by atoms with van der Waals surface area (Å²) in [6, 6.07) is 29.8. The fraction of sp³-hybridized carbons (Fsp3) is 0. The predicted molar refractivity (Wildman–Crippen MR) is 192 cm³/mol. The third kappa shape index (κ3) is 3.44. The summed E-state index contributed by atoms with van der Waals surface area (Å²) in [6.07, 6.45) is 0. The van der Waals surface area contributed by atoms with E-state index in [0.717, 1.165) is 54.6 Å². The fourth-order valence-electron chi connectivity index (χ4n) is 7.11. The van der Waals surface area contributed by atoms with Gasteiger partial charge in [0.25, 0.3) is 0 Å². The smallest absolute Gasteiger partial charge is 0.136 e. The molecule has 0 saturated heterocycles. The van der Waals surface area contributed by atoms with E-state index in [1.165, 1.54) is 0 Å². The molecule has 0 unspecified atom stereocenters. The Morgan fingerprint density at radius 2 is 1.00 bits per heavy atom. The Morgan fingerprint density at radius 1 is 0.356 bits per heavy atom. The second-order valence-corrected chi connectivity index (χ2v) is 11.3. The Hall–Kier alpha value is -5.92. The van der Waals surface area contributed by atoms with Gasteiger partial charge in [0.1, 0.15) is 11.2 Å². The van der Waals surface area contributed by atoms with Gasteiger partial charge in [0.15, 0.2) is 0 Å². The van der Waals surface area contributed by atoms with E-state index in [-0.39, 0.29) is 39.2 Å². The molecule has 208 valence electrons. The van der Waals surface area contributed by atoms with Crippen molar-refractivity contribution in [2.24, 2.45) is 0 Å². The number of benzene rings is 9. The normalized spacial score (nSPS) is 14.8. The molecule has 0 aliphatic heterocycles. The molecule has 10 rings (SSSR count). The molecule has 1 heterocycles. The Kier molecular flexibility index (Phi) is 3.59. The molecule has 9 aromatic carbocycles. The SMILES string of the molecule is [2H]c1c([2H])c([2H])c2c(c1[2H])c([2H])c([2H])c1c(-c3c4ccccc4c(-c4cccc5oc6ccc7ccccc7c6c45)c4ccccc34)c([2H])c([2H])c([2H])c12. The molecule has 0 bridgehead atoms. The predicted octanol–water partition coefficient (Wildman–Crippen LogP) is 12.7. The van der Waals surface area contributed by atoms with E-state index in [1.54, 1.807) is 0 Å². The summed E-state index contributed by atoms with van der Waals surface area (Å²) in [7, 11) is 0. The first-order valence-electron chi connectivity index (χ1n) is 19.3. The average molecular weight is 580 g/mol. The van der Waals surface area contributed by atoms with Crippen LogP contribution >= 0.6 is 0 Å². The minimum Gasteiger partial charge on any atom is -0.456 e. The van der Waals surface area contributed by atoms with Gasteiger partial charge in [-0.1, -0.05) is 145 Å². The van der Waals surface area contributed by atoms with Gasteiger partial charge in [0, 0.05) is 10.8 Å². The van der Waals surface area contributed by atoms with E-state index < -0.39 is 42.3 Å². The van der Waals surface area contributed by atoms with Crippen LogP contribution in [0.5, 0.6) is 0 Å². The highest BCUT2D eigenvalue weighted by Gasteiger charge is 2.21. The maximum atomic E-state index is 9.41. The largest absolute Gasteiger partial charge is 0.456 e. The van der Waals surface area contributed by atoms with Crippen LogP contribution < -0.4 is 0 Å². The zero-order valence-corrected chi connectivity index (χ0v) is 23.7. The van der Waals surface area contributed by atoms with Gasteiger partial charge in [0.05, 0.1) is 12.3 Å². The Morgan fingerprint density at radius 3 is 1.78 bits per heavy atom. The molecule has 0 radical (unpaired) electrons. The average Bonchev–Trinajstić information content (AvgIpc) is 3.59. The topological polar surface area (TPSA) is 13.1 Å². The molecular formula is C44H26O. The summed E-state index contributed by atoms with van der Waals surface area (Å²) in [4.78, 5) is 0. The number of furan rings is 1. The van der Waals surface area contributed by atoms with Crippen LogP contribution in [0, 0.1) is 0 Å². The Bertz CT molecular complexity index is 3270. The maximum absolute atomic E-state index is 9.41. The summed E-state index contributed by atoms with van der Waals surface area (Å²) < 4.78 is 86.7. The Balaban J connectivity index is 1.43. The molecule has 1 aromatic heterocycles. The van der Waals surface area contributed by atoms with Gasteiger partial charge in [-0.25, -0.2) is 0 Å². The second-order valence-electron chi connectivity index (χ2n) is 11.3. The quantitative estimate of drug-likeness (QED) is 0.147. The standard InChI is InChI=1S/C44H26O/c1-3-13-29-27(11-1)23-25-32-31(29)19-9-20-33(32)41-34-15-5-7-17-36(34)42(37-18-8-6-16-35(37)41)38-21-10-22-39-44(38)43-30-14-4-2-12-28(30)24-26-40(43)45-39/h1-26H/i1D,3D,9D,11D,13D,19D,20D,23D,25D. The molecule has 0 fully saturated rings. The van der Waals surface area contributed by atoms with E-state index >= 15 is 0 Å². The highest BCUT2D eigenvalue weighted by Crippen LogP contribution is 2.48. The second kappa shape index (κ2) is 9.29. The number of rotatable bonds is 2. The summed E-state index contributed by atoms with van der Waals surface area (Å²) in [5.41, 5.74) is 4.07. The lowest BCUT2D eigenvalue weighted by Gasteiger charge is -2.19. The van der Waals surface area contributed by atoms with Crippen molar-refractivity contribution >= 4 is 75.8 Å². The van der Waals surface area contributed by atoms with Crippen molar-refractivity contribution < 1.29 is 16.8 Å². The van der Waals surface area contributed by atoms with Gasteiger partial charge < -0.3 is 4.42 Å². The lowest BCUT2D eigenvalue weighted by atomic mass is 9.83. The van der Waals surface area contributed by atoms with Crippen molar-refractivity contribution in [3.63, 3.8) is 0 Å². The van der Waals surface area contributed by atoms with Crippen molar-refractivity contribution in [2.75, 3.05) is 0 Å². The van der Waals surface area contributed by atoms with Crippen LogP contribution in [0.4, 0.5) is 0 Å². The van der Waals surface area contributed by atoms with Gasteiger partial charge in [-0.05, 0) is 88.2 Å². The van der Waals surface area contributed by atoms with E-state index in [2.05, 4.69) is 24.3 Å². The maximum Gasteiger partial charge on any atom is 0.136 e. The van der Waals surface area contributed by atoms with Gasteiger partial charge in [-0.3, -0.25) is 0 Å². The zero-order chi connectivity index (χ0) is 37.3. The van der Waals surface area contributed by atoms with E-state index in [4.69, 9.17) is 14.0 Å². The van der Waals surface area contributed by atoms with Gasteiger partial charge in [-0.2, -0.15) is 0 Å². The van der Waals surface area contributed by atoms with Crippen molar-refractivity contribution in [2.45, 2.75) is 0 Å². The molecule has 0 N–H and O–H groups in total. The fourth-order valence-corrected chi connectivity index (χ4v) is 7.11. The zero-order valence-electron chi connectivity index (χ0n) is 32.7. The lowest BCUT2D eigenvalue weighted by Crippen LogP contribution is -1.92. The van der Waals surface area contributed by atoms with Crippen LogP contribution in [0.3, 0.4) is 0 Å². The summed E-state index contributed by atoms with van der Waals surface area (Å²) >= 11 is 0. The molecule has 45 heavy (non-hydrogen) atoms. The van der Waals surface area contributed by atoms with E-state index in [1.807, 2.05) is 78.9 Å². The van der Waals surface area contributed by atoms with E-state index in [0.29, 0.717) is 16.3 Å². The first-order chi connectivity index (χ1) is 26.1. The van der Waals surface area contributed by atoms with Crippen LogP contribution in [0.15, 0.2) is 162 Å². The highest BCUT2D eigenvalue weighted by atomic mass is 16.3. The van der Waals surface area contributed by atoms with Crippen molar-refractivity contribution in [3.05, 3.63) is 158 Å². The molecular weight excluding hydrogens is 544 g/mol. The molecule has 0 saturated carbocycles. The van der Waals surface area contributed by atoms with Crippen LogP contribution in [-0.4, -0.2) is 0 Å². The van der Waals surface area contributed by atoms with Crippen molar-refractivity contribution in [1.29, 1.82) is 0 Å². The monoisotopic (exact) mass is 579 g/mol. The molecule has 0 spiro atoms. The molecule has 0 aliphatic rings. The lowest BCUT2D eigenvalue weighted by molar-refractivity contribution is 0.669. The molecule has 1 heteroatoms. The van der Waals surface area contributed by atoms with Crippen molar-refractivity contribution in [1.82, 2.24) is 0 Å². The van der Waals surface area contributed by atoms with Crippen LogP contribution in [0.2, 0.25) is 0 Å². The first kappa shape index (κ1) is 17.4. The van der Waals surface area contributed by atoms with Crippen molar-refractivity contribution in [3.8, 4) is 22.3 Å². The molecule has 10 aromatic rings. The third-order valence-electron chi connectivity index (χ3n) is 8.96. The van der Waals surface area contributed by atoms with E-state index in [9.17, 15) is 2.74 Å². The number of hydrogen-bond acceptors (Lipinski definition) is 1. The van der Waals surface area contributed by atoms with Gasteiger partial charge >= 0.3 is 0 Å². The molecule has 0 amide bonds. The summed E-state index contributed by atoms with van der Waals surface area (Å²) in [5, 5.41) is 6.90. The summed E-state index contributed by atoms with van der Waals surface area (Å²) in [5.74, 6) is 0. The molecule has 1 nitrogen and oxygen atoms in total. The minimum atomic E-state index is -0.546. The van der Waals surface area contributed by atoms with Crippen LogP contribution in [-0.2, 0) is 0 Å². The first-order valence-corrected chi connectivity index (χ1v) is 14.8. The third-order valence-corrected chi connectivity index (χ3v) is 8.96. The van der Waals surface area contributed by atoms with Gasteiger partial charge in [-0.15, -0.1) is 0 Å². The number of fused-ring (bicyclic) bond motifs is 10. The van der Waals surface area contributed by atoms with Crippen LogP contribution in [0.1, 0.15) is 12.3 Å². The summed E-state index contributed by atoms with van der Waals surface area (Å²) in [6.45, 7) is 0. The Labute approximate surface area is 272 Å². The highest BCUT2D eigenvalue weighted by molar-refractivity contribution is 6.29. The van der Waals surface area contributed by atoms with Crippen LogP contribution in [0.25, 0.3) is 98.1 Å². The molecule has 0 atom stereocenters. The minimum absolute atomic E-state index is 0.0287. The van der Waals surface area contributed by atoms with Gasteiger partial charge in [0.2, 0.25) is 0 Å². The number of hydrogen-bond donors (Lipinski definition) is 0.